The monoisotopic (exact) mass is 301 g/mol. The zero-order chi connectivity index (χ0) is 15.7. The number of nitrogens with zero attached hydrogens (tertiary/aromatic N) is 3. The summed E-state index contributed by atoms with van der Waals surface area (Å²) in [6.45, 7) is 2.32. The maximum atomic E-state index is 12.7. The Labute approximate surface area is 128 Å². The molecule has 1 aromatic heterocycles. The molecule has 116 valence electrons. The first-order valence-corrected chi connectivity index (χ1v) is 7.26. The molecule has 0 radical (unpaired) electrons. The van der Waals surface area contributed by atoms with Crippen molar-refractivity contribution < 1.29 is 14.3 Å². The number of aryl methyl sites for hydroxylation is 1. The molecule has 1 aliphatic rings. The van der Waals surface area contributed by atoms with Crippen LogP contribution in [0.5, 0.6) is 5.75 Å². The van der Waals surface area contributed by atoms with Crippen molar-refractivity contribution in [2.24, 2.45) is 7.05 Å². The molecule has 1 saturated heterocycles. The molecular formula is C16H19N3O3. The van der Waals surface area contributed by atoms with Crippen LogP contribution in [0, 0.1) is 0 Å². The van der Waals surface area contributed by atoms with Gasteiger partial charge in [-0.15, -0.1) is 0 Å². The number of carbonyl (C=O) groups excluding carboxylic acids is 2. The number of carbonyl (C=O) groups is 2. The van der Waals surface area contributed by atoms with Gasteiger partial charge in [-0.3, -0.25) is 9.59 Å². The zero-order valence-corrected chi connectivity index (χ0v) is 12.8. The minimum atomic E-state index is 0.00298. The first-order valence-electron chi connectivity index (χ1n) is 7.26. The summed E-state index contributed by atoms with van der Waals surface area (Å²) >= 11 is 0. The van der Waals surface area contributed by atoms with Gasteiger partial charge >= 0.3 is 0 Å². The molecule has 0 aliphatic carbocycles. The lowest BCUT2D eigenvalue weighted by atomic mass is 10.2. The molecule has 2 aromatic rings. The van der Waals surface area contributed by atoms with E-state index in [1.54, 1.807) is 16.9 Å². The average Bonchev–Trinajstić information content (AvgIpc) is 2.90. The zero-order valence-electron chi connectivity index (χ0n) is 12.8. The van der Waals surface area contributed by atoms with E-state index in [4.69, 9.17) is 4.74 Å². The van der Waals surface area contributed by atoms with E-state index >= 15 is 0 Å². The SMILES string of the molecule is COc1ccc2cc(C(=O)N3CCN(C=O)CC3)n(C)c2c1. The van der Waals surface area contributed by atoms with Crippen molar-refractivity contribution in [3.63, 3.8) is 0 Å². The van der Waals surface area contributed by atoms with Crippen molar-refractivity contribution in [1.82, 2.24) is 14.4 Å². The second-order valence-corrected chi connectivity index (χ2v) is 5.45. The molecule has 3 rings (SSSR count). The topological polar surface area (TPSA) is 54.8 Å². The lowest BCUT2D eigenvalue weighted by molar-refractivity contribution is -0.119. The number of fused-ring (bicyclic) bond motifs is 1. The van der Waals surface area contributed by atoms with Crippen LogP contribution in [0.2, 0.25) is 0 Å². The normalized spacial score (nSPS) is 15.2. The second-order valence-electron chi connectivity index (χ2n) is 5.45. The molecule has 22 heavy (non-hydrogen) atoms. The fraction of sp³-hybridized carbons (Fsp3) is 0.375. The van der Waals surface area contributed by atoms with Crippen molar-refractivity contribution in [2.45, 2.75) is 0 Å². The van der Waals surface area contributed by atoms with Crippen LogP contribution in [-0.4, -0.2) is 60.0 Å². The molecule has 1 aromatic carbocycles. The van der Waals surface area contributed by atoms with Gasteiger partial charge in [0, 0.05) is 44.7 Å². The first-order chi connectivity index (χ1) is 10.6. The molecule has 6 nitrogen and oxygen atoms in total. The van der Waals surface area contributed by atoms with Gasteiger partial charge in [-0.2, -0.15) is 0 Å². The van der Waals surface area contributed by atoms with E-state index in [0.717, 1.165) is 23.1 Å². The number of piperazine rings is 1. The molecule has 0 spiro atoms. The number of hydrogen-bond donors (Lipinski definition) is 0. The second kappa shape index (κ2) is 5.71. The smallest absolute Gasteiger partial charge is 0.270 e. The van der Waals surface area contributed by atoms with E-state index in [1.807, 2.05) is 35.9 Å². The minimum Gasteiger partial charge on any atom is -0.497 e. The van der Waals surface area contributed by atoms with Gasteiger partial charge in [0.2, 0.25) is 6.41 Å². The third-order valence-electron chi connectivity index (χ3n) is 4.22. The lowest BCUT2D eigenvalue weighted by Gasteiger charge is -2.32. The highest BCUT2D eigenvalue weighted by Crippen LogP contribution is 2.24. The van der Waals surface area contributed by atoms with E-state index in [1.165, 1.54) is 0 Å². The van der Waals surface area contributed by atoms with Gasteiger partial charge in [-0.1, -0.05) is 0 Å². The third-order valence-corrected chi connectivity index (χ3v) is 4.22. The molecule has 2 heterocycles. The Balaban J connectivity index is 1.88. The van der Waals surface area contributed by atoms with Crippen molar-refractivity contribution in [2.75, 3.05) is 33.3 Å². The van der Waals surface area contributed by atoms with Gasteiger partial charge in [0.25, 0.3) is 5.91 Å². The fourth-order valence-electron chi connectivity index (χ4n) is 2.83. The molecule has 1 fully saturated rings. The van der Waals surface area contributed by atoms with E-state index in [0.29, 0.717) is 31.9 Å². The van der Waals surface area contributed by atoms with Crippen molar-refractivity contribution in [3.05, 3.63) is 30.0 Å². The summed E-state index contributed by atoms with van der Waals surface area (Å²) in [6.07, 6.45) is 0.838. The number of ether oxygens (including phenoxy) is 1. The Hall–Kier alpha value is -2.50. The van der Waals surface area contributed by atoms with Crippen LogP contribution >= 0.6 is 0 Å². The summed E-state index contributed by atoms with van der Waals surface area (Å²) in [6, 6.07) is 7.67. The van der Waals surface area contributed by atoms with Crippen molar-refractivity contribution in [3.8, 4) is 5.75 Å². The van der Waals surface area contributed by atoms with Crippen LogP contribution in [0.25, 0.3) is 10.9 Å². The predicted molar refractivity (Wildman–Crippen MR) is 83.0 cm³/mol. The average molecular weight is 301 g/mol. The van der Waals surface area contributed by atoms with E-state index < -0.39 is 0 Å². The molecule has 0 N–H and O–H groups in total. The van der Waals surface area contributed by atoms with Crippen LogP contribution < -0.4 is 4.74 Å². The maximum absolute atomic E-state index is 12.7. The number of amides is 2. The molecule has 0 atom stereocenters. The standard InChI is InChI=1S/C16H19N3O3/c1-17-14-10-13(22-2)4-3-12(14)9-15(17)16(21)19-7-5-18(11-20)6-8-19/h3-4,9-11H,5-8H2,1-2H3. The van der Waals surface area contributed by atoms with E-state index in [9.17, 15) is 9.59 Å². The maximum Gasteiger partial charge on any atom is 0.270 e. The highest BCUT2D eigenvalue weighted by atomic mass is 16.5. The van der Waals surface area contributed by atoms with Gasteiger partial charge in [-0.25, -0.2) is 0 Å². The van der Waals surface area contributed by atoms with E-state index in [2.05, 4.69) is 0 Å². The first kappa shape index (κ1) is 14.4. The lowest BCUT2D eigenvalue weighted by Crippen LogP contribution is -2.48. The highest BCUT2D eigenvalue weighted by molar-refractivity contribution is 5.99. The van der Waals surface area contributed by atoms with Gasteiger partial charge < -0.3 is 19.1 Å². The van der Waals surface area contributed by atoms with Crippen LogP contribution in [0.1, 0.15) is 10.5 Å². The van der Waals surface area contributed by atoms with Crippen molar-refractivity contribution >= 4 is 23.2 Å². The number of hydrogen-bond acceptors (Lipinski definition) is 3. The fourth-order valence-corrected chi connectivity index (χ4v) is 2.83. The van der Waals surface area contributed by atoms with Gasteiger partial charge in [0.1, 0.15) is 11.4 Å². The minimum absolute atomic E-state index is 0.00298. The largest absolute Gasteiger partial charge is 0.497 e. The van der Waals surface area contributed by atoms with Crippen LogP contribution in [0.3, 0.4) is 0 Å². The number of benzene rings is 1. The number of methoxy groups -OCH3 is 1. The molecular weight excluding hydrogens is 282 g/mol. The summed E-state index contributed by atoms with van der Waals surface area (Å²) < 4.78 is 7.14. The molecule has 2 amide bonds. The number of aromatic nitrogens is 1. The summed E-state index contributed by atoms with van der Waals surface area (Å²) in [5, 5.41) is 1.01. The van der Waals surface area contributed by atoms with Crippen molar-refractivity contribution in [1.29, 1.82) is 0 Å². The summed E-state index contributed by atoms with van der Waals surface area (Å²) in [4.78, 5) is 26.9. The summed E-state index contributed by atoms with van der Waals surface area (Å²) in [5.41, 5.74) is 1.62. The Morgan fingerprint density at radius 1 is 1.18 bits per heavy atom. The molecule has 0 bridgehead atoms. The van der Waals surface area contributed by atoms with Gasteiger partial charge in [0.15, 0.2) is 0 Å². The molecule has 1 aliphatic heterocycles. The van der Waals surface area contributed by atoms with Crippen LogP contribution in [0.4, 0.5) is 0 Å². The van der Waals surface area contributed by atoms with E-state index in [-0.39, 0.29) is 5.91 Å². The highest BCUT2D eigenvalue weighted by Gasteiger charge is 2.24. The molecule has 0 unspecified atom stereocenters. The summed E-state index contributed by atoms with van der Waals surface area (Å²) in [7, 11) is 3.51. The Morgan fingerprint density at radius 2 is 1.91 bits per heavy atom. The Bertz CT molecular complexity index is 715. The Morgan fingerprint density at radius 3 is 2.55 bits per heavy atom. The van der Waals surface area contributed by atoms with Gasteiger partial charge in [0.05, 0.1) is 12.6 Å². The van der Waals surface area contributed by atoms with Crippen LogP contribution in [0.15, 0.2) is 24.3 Å². The summed E-state index contributed by atoms with van der Waals surface area (Å²) in [5.74, 6) is 0.774. The molecule has 0 saturated carbocycles. The predicted octanol–water partition coefficient (Wildman–Crippen LogP) is 1.10. The van der Waals surface area contributed by atoms with Gasteiger partial charge in [-0.05, 0) is 18.2 Å². The third kappa shape index (κ3) is 2.41. The van der Waals surface area contributed by atoms with Crippen LogP contribution in [-0.2, 0) is 11.8 Å². The molecule has 6 heteroatoms. The quantitative estimate of drug-likeness (QED) is 0.798. The number of rotatable bonds is 3. The Kier molecular flexibility index (Phi) is 3.75.